The molecule has 2 amide bonds. The van der Waals surface area contributed by atoms with E-state index in [0.717, 1.165) is 13.0 Å². The molecule has 2 heterocycles. The predicted molar refractivity (Wildman–Crippen MR) is 71.6 cm³/mol. The van der Waals surface area contributed by atoms with Crippen LogP contribution in [0.3, 0.4) is 0 Å². The normalized spacial score (nSPS) is 35.6. The standard InChI is InChI=1S/C12H21N3O2.ClH/c1-7-5-6-13-8(2)11(7)15-12(17)9-3-4-10(16)14-9;/h7-9,11,13H,3-6H2,1-2H3,(H,14,16)(H,15,17);1H/t7?,8?,9-,11?;/m0./s1. The first kappa shape index (κ1) is 15.2. The van der Waals surface area contributed by atoms with Crippen LogP contribution in [0.1, 0.15) is 33.1 Å². The number of carbonyl (C=O) groups is 2. The lowest BCUT2D eigenvalue weighted by Gasteiger charge is -2.36. The van der Waals surface area contributed by atoms with Gasteiger partial charge in [-0.3, -0.25) is 9.59 Å². The van der Waals surface area contributed by atoms with Gasteiger partial charge in [-0.15, -0.1) is 12.4 Å². The number of hydrogen-bond donors (Lipinski definition) is 3. The van der Waals surface area contributed by atoms with E-state index in [1.807, 2.05) is 0 Å². The molecule has 0 aliphatic carbocycles. The molecule has 0 bridgehead atoms. The van der Waals surface area contributed by atoms with E-state index in [4.69, 9.17) is 0 Å². The van der Waals surface area contributed by atoms with Gasteiger partial charge in [0.15, 0.2) is 0 Å². The highest BCUT2D eigenvalue weighted by molar-refractivity contribution is 5.90. The van der Waals surface area contributed by atoms with E-state index in [0.29, 0.717) is 24.8 Å². The van der Waals surface area contributed by atoms with Gasteiger partial charge in [-0.25, -0.2) is 0 Å². The molecule has 0 radical (unpaired) electrons. The second-order valence-corrected chi connectivity index (χ2v) is 5.20. The fourth-order valence-electron chi connectivity index (χ4n) is 2.68. The first-order valence-corrected chi connectivity index (χ1v) is 6.41. The molecule has 0 aromatic heterocycles. The van der Waals surface area contributed by atoms with Crippen LogP contribution in [0.4, 0.5) is 0 Å². The van der Waals surface area contributed by atoms with E-state index in [1.165, 1.54) is 0 Å². The van der Waals surface area contributed by atoms with Gasteiger partial charge < -0.3 is 16.0 Å². The smallest absolute Gasteiger partial charge is 0.242 e. The lowest BCUT2D eigenvalue weighted by Crippen LogP contribution is -2.58. The van der Waals surface area contributed by atoms with Crippen LogP contribution in [0.25, 0.3) is 0 Å². The average Bonchev–Trinajstić information content (AvgIpc) is 2.70. The third kappa shape index (κ3) is 3.36. The number of halogens is 1. The van der Waals surface area contributed by atoms with Crippen LogP contribution in [-0.2, 0) is 9.59 Å². The maximum Gasteiger partial charge on any atom is 0.242 e. The van der Waals surface area contributed by atoms with E-state index < -0.39 is 0 Å². The van der Waals surface area contributed by atoms with E-state index in [9.17, 15) is 9.59 Å². The van der Waals surface area contributed by atoms with Crippen LogP contribution in [0, 0.1) is 5.92 Å². The van der Waals surface area contributed by atoms with Gasteiger partial charge in [0.1, 0.15) is 6.04 Å². The summed E-state index contributed by atoms with van der Waals surface area (Å²) in [5.41, 5.74) is 0. The van der Waals surface area contributed by atoms with E-state index in [2.05, 4.69) is 29.8 Å². The third-order valence-electron chi connectivity index (χ3n) is 3.84. The van der Waals surface area contributed by atoms with Crippen molar-refractivity contribution in [3.8, 4) is 0 Å². The van der Waals surface area contributed by atoms with E-state index >= 15 is 0 Å². The number of piperidine rings is 1. The maximum absolute atomic E-state index is 12.0. The van der Waals surface area contributed by atoms with Gasteiger partial charge in [-0.05, 0) is 32.2 Å². The third-order valence-corrected chi connectivity index (χ3v) is 3.84. The lowest BCUT2D eigenvalue weighted by molar-refractivity contribution is -0.126. The fraction of sp³-hybridized carbons (Fsp3) is 0.833. The highest BCUT2D eigenvalue weighted by Gasteiger charge is 2.33. The van der Waals surface area contributed by atoms with Crippen LogP contribution in [0.5, 0.6) is 0 Å². The Morgan fingerprint density at radius 1 is 1.33 bits per heavy atom. The first-order valence-electron chi connectivity index (χ1n) is 6.41. The molecule has 0 aromatic rings. The van der Waals surface area contributed by atoms with Gasteiger partial charge in [-0.2, -0.15) is 0 Å². The van der Waals surface area contributed by atoms with E-state index in [-0.39, 0.29) is 36.3 Å². The zero-order chi connectivity index (χ0) is 12.4. The van der Waals surface area contributed by atoms with Gasteiger partial charge >= 0.3 is 0 Å². The molecular formula is C12H22ClN3O2. The fourth-order valence-corrected chi connectivity index (χ4v) is 2.68. The number of amides is 2. The summed E-state index contributed by atoms with van der Waals surface area (Å²) in [4.78, 5) is 23.1. The molecule has 3 unspecified atom stereocenters. The molecule has 0 aromatic carbocycles. The van der Waals surface area contributed by atoms with Crippen molar-refractivity contribution in [2.45, 2.75) is 51.2 Å². The minimum atomic E-state index is -0.330. The Hall–Kier alpha value is -0.810. The first-order chi connectivity index (χ1) is 8.08. The number of rotatable bonds is 2. The minimum absolute atomic E-state index is 0. The Morgan fingerprint density at radius 3 is 2.61 bits per heavy atom. The Balaban J connectivity index is 0.00000162. The van der Waals surface area contributed by atoms with Crippen molar-refractivity contribution in [3.63, 3.8) is 0 Å². The number of hydrogen-bond acceptors (Lipinski definition) is 3. The molecule has 18 heavy (non-hydrogen) atoms. The molecule has 104 valence electrons. The molecule has 4 atom stereocenters. The molecule has 0 spiro atoms. The maximum atomic E-state index is 12.0. The quantitative estimate of drug-likeness (QED) is 0.674. The summed E-state index contributed by atoms with van der Waals surface area (Å²) in [6.45, 7) is 5.26. The molecule has 5 nitrogen and oxygen atoms in total. The average molecular weight is 276 g/mol. The molecule has 2 aliphatic rings. The van der Waals surface area contributed by atoms with Gasteiger partial charge in [0.25, 0.3) is 0 Å². The molecule has 2 saturated heterocycles. The zero-order valence-electron chi connectivity index (χ0n) is 10.9. The largest absolute Gasteiger partial charge is 0.350 e. The van der Waals surface area contributed by atoms with Crippen molar-refractivity contribution < 1.29 is 9.59 Å². The Morgan fingerprint density at radius 2 is 2.06 bits per heavy atom. The van der Waals surface area contributed by atoms with Crippen molar-refractivity contribution in [1.82, 2.24) is 16.0 Å². The van der Waals surface area contributed by atoms with Crippen LogP contribution in [0.15, 0.2) is 0 Å². The van der Waals surface area contributed by atoms with Gasteiger partial charge in [-0.1, -0.05) is 6.92 Å². The highest BCUT2D eigenvalue weighted by atomic mass is 35.5. The Labute approximate surface area is 114 Å². The van der Waals surface area contributed by atoms with Crippen LogP contribution >= 0.6 is 12.4 Å². The SMILES string of the molecule is CC1CCNC(C)C1NC(=O)[C@@H]1CCC(=O)N1.Cl. The second-order valence-electron chi connectivity index (χ2n) is 5.20. The second kappa shape index (κ2) is 6.38. The van der Waals surface area contributed by atoms with Crippen LogP contribution < -0.4 is 16.0 Å². The molecular weight excluding hydrogens is 254 g/mol. The molecule has 2 rings (SSSR count). The van der Waals surface area contributed by atoms with Crippen molar-refractivity contribution in [2.24, 2.45) is 5.92 Å². The predicted octanol–water partition coefficient (Wildman–Crippen LogP) is 0.190. The van der Waals surface area contributed by atoms with Crippen molar-refractivity contribution in [1.29, 1.82) is 0 Å². The van der Waals surface area contributed by atoms with Gasteiger partial charge in [0, 0.05) is 18.5 Å². The monoisotopic (exact) mass is 275 g/mol. The highest BCUT2D eigenvalue weighted by Crippen LogP contribution is 2.17. The molecule has 3 N–H and O–H groups in total. The van der Waals surface area contributed by atoms with Gasteiger partial charge in [0.05, 0.1) is 0 Å². The summed E-state index contributed by atoms with van der Waals surface area (Å²) >= 11 is 0. The summed E-state index contributed by atoms with van der Waals surface area (Å²) < 4.78 is 0. The summed E-state index contributed by atoms with van der Waals surface area (Å²) in [5.74, 6) is 0.420. The lowest BCUT2D eigenvalue weighted by atomic mass is 9.89. The molecule has 0 saturated carbocycles. The number of nitrogens with one attached hydrogen (secondary N) is 3. The molecule has 6 heteroatoms. The zero-order valence-corrected chi connectivity index (χ0v) is 11.7. The summed E-state index contributed by atoms with van der Waals surface area (Å²) in [7, 11) is 0. The Bertz CT molecular complexity index is 314. The topological polar surface area (TPSA) is 70.2 Å². The van der Waals surface area contributed by atoms with Gasteiger partial charge in [0.2, 0.25) is 11.8 Å². The van der Waals surface area contributed by atoms with Crippen molar-refractivity contribution >= 4 is 24.2 Å². The molecule has 2 aliphatic heterocycles. The minimum Gasteiger partial charge on any atom is -0.350 e. The Kier molecular flexibility index (Phi) is 5.41. The summed E-state index contributed by atoms with van der Waals surface area (Å²) in [6, 6.07) is 0.123. The molecule has 2 fully saturated rings. The summed E-state index contributed by atoms with van der Waals surface area (Å²) in [5, 5.41) is 9.13. The van der Waals surface area contributed by atoms with Crippen LogP contribution in [-0.4, -0.2) is 36.5 Å². The van der Waals surface area contributed by atoms with Crippen molar-refractivity contribution in [2.75, 3.05) is 6.54 Å². The van der Waals surface area contributed by atoms with Crippen LogP contribution in [0.2, 0.25) is 0 Å². The summed E-state index contributed by atoms with van der Waals surface area (Å²) in [6.07, 6.45) is 2.16. The van der Waals surface area contributed by atoms with Crippen molar-refractivity contribution in [3.05, 3.63) is 0 Å². The number of carbonyl (C=O) groups excluding carboxylic acids is 2. The van der Waals surface area contributed by atoms with E-state index in [1.54, 1.807) is 0 Å².